The molecule has 1 aliphatic heterocycles. The van der Waals surface area contributed by atoms with Crippen LogP contribution < -0.4 is 0 Å². The maximum atomic E-state index is 8.67. The molecule has 3 rings (SSSR count). The number of nitriles is 1. The van der Waals surface area contributed by atoms with Crippen LogP contribution in [0.2, 0.25) is 0 Å². The maximum absolute atomic E-state index is 8.67. The van der Waals surface area contributed by atoms with Gasteiger partial charge < -0.3 is 4.57 Å². The van der Waals surface area contributed by atoms with Crippen molar-refractivity contribution in [2.24, 2.45) is 0 Å². The highest BCUT2D eigenvalue weighted by Crippen LogP contribution is 2.29. The van der Waals surface area contributed by atoms with Gasteiger partial charge in [-0.25, -0.2) is 0 Å². The Morgan fingerprint density at radius 3 is 3.19 bits per heavy atom. The minimum atomic E-state index is 0.614. The molecule has 2 aromatic rings. The SMILES string of the molecule is N#CCCc1cn2c3c(cccc13)CCC2. The van der Waals surface area contributed by atoms with Crippen LogP contribution in [0.1, 0.15) is 24.0 Å². The van der Waals surface area contributed by atoms with Gasteiger partial charge in [-0.1, -0.05) is 18.2 Å². The Labute approximate surface area is 95.1 Å². The van der Waals surface area contributed by atoms with Gasteiger partial charge in [-0.15, -0.1) is 0 Å². The van der Waals surface area contributed by atoms with Crippen molar-refractivity contribution in [3.63, 3.8) is 0 Å². The maximum Gasteiger partial charge on any atom is 0.0625 e. The molecular weight excluding hydrogens is 196 g/mol. The van der Waals surface area contributed by atoms with Crippen molar-refractivity contribution in [1.29, 1.82) is 5.26 Å². The number of nitrogens with zero attached hydrogens (tertiary/aromatic N) is 2. The zero-order valence-corrected chi connectivity index (χ0v) is 9.24. The molecule has 2 heteroatoms. The summed E-state index contributed by atoms with van der Waals surface area (Å²) in [5.41, 5.74) is 4.20. The molecule has 0 saturated carbocycles. The van der Waals surface area contributed by atoms with Gasteiger partial charge in [0.1, 0.15) is 0 Å². The van der Waals surface area contributed by atoms with Crippen LogP contribution in [0.5, 0.6) is 0 Å². The smallest absolute Gasteiger partial charge is 0.0625 e. The number of benzene rings is 1. The van der Waals surface area contributed by atoms with Crippen LogP contribution in [0.4, 0.5) is 0 Å². The van der Waals surface area contributed by atoms with Crippen molar-refractivity contribution in [3.05, 3.63) is 35.5 Å². The zero-order valence-electron chi connectivity index (χ0n) is 9.24. The van der Waals surface area contributed by atoms with Crippen LogP contribution >= 0.6 is 0 Å². The normalized spacial score (nSPS) is 13.9. The molecule has 0 amide bonds. The van der Waals surface area contributed by atoms with Crippen molar-refractivity contribution in [1.82, 2.24) is 4.57 Å². The monoisotopic (exact) mass is 210 g/mol. The highest BCUT2D eigenvalue weighted by molar-refractivity contribution is 5.87. The van der Waals surface area contributed by atoms with Crippen LogP contribution in [0.25, 0.3) is 10.9 Å². The largest absolute Gasteiger partial charge is 0.347 e. The Morgan fingerprint density at radius 2 is 2.31 bits per heavy atom. The molecule has 0 atom stereocenters. The summed E-state index contributed by atoms with van der Waals surface area (Å²) in [7, 11) is 0. The molecule has 0 spiro atoms. The summed E-state index contributed by atoms with van der Waals surface area (Å²) in [6.07, 6.45) is 6.16. The molecule has 0 bridgehead atoms. The lowest BCUT2D eigenvalue weighted by Gasteiger charge is -2.14. The van der Waals surface area contributed by atoms with Crippen molar-refractivity contribution in [2.75, 3.05) is 0 Å². The summed E-state index contributed by atoms with van der Waals surface area (Å²) < 4.78 is 2.36. The molecular formula is C14H14N2. The molecule has 0 saturated heterocycles. The second kappa shape index (κ2) is 3.68. The first kappa shape index (κ1) is 9.47. The molecule has 2 nitrogen and oxygen atoms in total. The van der Waals surface area contributed by atoms with Crippen molar-refractivity contribution in [3.8, 4) is 6.07 Å². The standard InChI is InChI=1S/C14H14N2/c15-8-2-5-12-10-16-9-3-6-11-4-1-7-13(12)14(11)16/h1,4,7,10H,2-3,5-6,9H2. The average Bonchev–Trinajstić information content (AvgIpc) is 2.68. The van der Waals surface area contributed by atoms with E-state index in [0.29, 0.717) is 6.42 Å². The van der Waals surface area contributed by atoms with E-state index >= 15 is 0 Å². The lowest BCUT2D eigenvalue weighted by atomic mass is 10.0. The minimum Gasteiger partial charge on any atom is -0.347 e. The number of aromatic nitrogens is 1. The van der Waals surface area contributed by atoms with E-state index in [-0.39, 0.29) is 0 Å². The summed E-state index contributed by atoms with van der Waals surface area (Å²) in [6, 6.07) is 8.79. The molecule has 16 heavy (non-hydrogen) atoms. The Hall–Kier alpha value is -1.75. The lowest BCUT2D eigenvalue weighted by molar-refractivity contribution is 0.634. The first-order valence-corrected chi connectivity index (χ1v) is 5.86. The predicted octanol–water partition coefficient (Wildman–Crippen LogP) is 3.04. The Kier molecular flexibility index (Phi) is 2.18. The number of hydrogen-bond acceptors (Lipinski definition) is 1. The highest BCUT2D eigenvalue weighted by Gasteiger charge is 2.14. The fourth-order valence-corrected chi connectivity index (χ4v) is 2.72. The van der Waals surface area contributed by atoms with Crippen LogP contribution in [0.3, 0.4) is 0 Å². The van der Waals surface area contributed by atoms with Crippen LogP contribution in [0.15, 0.2) is 24.4 Å². The van der Waals surface area contributed by atoms with Gasteiger partial charge in [-0.3, -0.25) is 0 Å². The fraction of sp³-hybridized carbons (Fsp3) is 0.357. The van der Waals surface area contributed by atoms with Crippen LogP contribution in [0, 0.1) is 11.3 Å². The van der Waals surface area contributed by atoms with E-state index in [4.69, 9.17) is 5.26 Å². The van der Waals surface area contributed by atoms with Gasteiger partial charge in [0.05, 0.1) is 11.6 Å². The van der Waals surface area contributed by atoms with Gasteiger partial charge in [0, 0.05) is 24.5 Å². The molecule has 1 aliphatic rings. The number of hydrogen-bond donors (Lipinski definition) is 0. The van der Waals surface area contributed by atoms with E-state index in [9.17, 15) is 0 Å². The molecule has 2 heterocycles. The van der Waals surface area contributed by atoms with E-state index in [0.717, 1.165) is 13.0 Å². The van der Waals surface area contributed by atoms with E-state index in [1.165, 1.54) is 34.9 Å². The third-order valence-electron chi connectivity index (χ3n) is 3.42. The summed E-state index contributed by atoms with van der Waals surface area (Å²) in [5, 5.41) is 10.0. The number of para-hydroxylation sites is 1. The second-order valence-electron chi connectivity index (χ2n) is 4.42. The first-order chi connectivity index (χ1) is 7.90. The quantitative estimate of drug-likeness (QED) is 0.749. The molecule has 0 fully saturated rings. The van der Waals surface area contributed by atoms with Gasteiger partial charge >= 0.3 is 0 Å². The van der Waals surface area contributed by atoms with Crippen molar-refractivity contribution >= 4 is 10.9 Å². The first-order valence-electron chi connectivity index (χ1n) is 5.86. The van der Waals surface area contributed by atoms with Crippen molar-refractivity contribution in [2.45, 2.75) is 32.2 Å². The average molecular weight is 210 g/mol. The highest BCUT2D eigenvalue weighted by atomic mass is 15.0. The van der Waals surface area contributed by atoms with Gasteiger partial charge in [-0.05, 0) is 30.4 Å². The van der Waals surface area contributed by atoms with E-state index in [1.54, 1.807) is 0 Å². The van der Waals surface area contributed by atoms with Gasteiger partial charge in [0.25, 0.3) is 0 Å². The summed E-state index contributed by atoms with van der Waals surface area (Å²) in [4.78, 5) is 0. The minimum absolute atomic E-state index is 0.614. The number of rotatable bonds is 2. The molecule has 0 radical (unpaired) electrons. The molecule has 0 aliphatic carbocycles. The molecule has 0 unspecified atom stereocenters. The molecule has 0 N–H and O–H groups in total. The fourth-order valence-electron chi connectivity index (χ4n) is 2.72. The van der Waals surface area contributed by atoms with Gasteiger partial charge in [0.15, 0.2) is 0 Å². The Balaban J connectivity index is 2.19. The molecule has 1 aromatic carbocycles. The molecule has 80 valence electrons. The third kappa shape index (κ3) is 1.32. The van der Waals surface area contributed by atoms with Gasteiger partial charge in [-0.2, -0.15) is 5.26 Å². The van der Waals surface area contributed by atoms with Crippen molar-refractivity contribution < 1.29 is 0 Å². The summed E-state index contributed by atoms with van der Waals surface area (Å²) in [6.45, 7) is 1.13. The lowest BCUT2D eigenvalue weighted by Crippen LogP contribution is -2.05. The third-order valence-corrected chi connectivity index (χ3v) is 3.42. The van der Waals surface area contributed by atoms with E-state index in [2.05, 4.69) is 35.0 Å². The molecule has 1 aromatic heterocycles. The van der Waals surface area contributed by atoms with E-state index in [1.807, 2.05) is 0 Å². The van der Waals surface area contributed by atoms with Crippen LogP contribution in [-0.2, 0) is 19.4 Å². The van der Waals surface area contributed by atoms with Gasteiger partial charge in [0.2, 0.25) is 0 Å². The summed E-state index contributed by atoms with van der Waals surface area (Å²) >= 11 is 0. The Bertz CT molecular complexity index is 572. The summed E-state index contributed by atoms with van der Waals surface area (Å²) in [5.74, 6) is 0. The second-order valence-corrected chi connectivity index (χ2v) is 4.42. The van der Waals surface area contributed by atoms with E-state index < -0.39 is 0 Å². The zero-order chi connectivity index (χ0) is 11.0. The van der Waals surface area contributed by atoms with Crippen LogP contribution in [-0.4, -0.2) is 4.57 Å². The number of aryl methyl sites for hydroxylation is 3. The topological polar surface area (TPSA) is 28.7 Å². The predicted molar refractivity (Wildman–Crippen MR) is 64.2 cm³/mol. The Morgan fingerprint density at radius 1 is 1.38 bits per heavy atom.